The Balaban J connectivity index is 2.00. The molecular formula is C22H32N6O2S. The first-order valence-corrected chi connectivity index (χ1v) is 12.5. The zero-order valence-electron chi connectivity index (χ0n) is 19.0. The summed E-state index contributed by atoms with van der Waals surface area (Å²) in [4.78, 5) is 9.35. The van der Waals surface area contributed by atoms with Crippen molar-refractivity contribution in [1.29, 1.82) is 0 Å². The van der Waals surface area contributed by atoms with Gasteiger partial charge in [-0.3, -0.25) is 0 Å². The molecule has 1 saturated carbocycles. The molecule has 2 aromatic rings. The number of hydrogen-bond acceptors (Lipinski definition) is 7. The molecule has 0 amide bonds. The number of anilines is 1. The second-order valence-electron chi connectivity index (χ2n) is 8.57. The van der Waals surface area contributed by atoms with Crippen LogP contribution in [0, 0.1) is 0 Å². The van der Waals surface area contributed by atoms with Crippen molar-refractivity contribution >= 4 is 26.9 Å². The third kappa shape index (κ3) is 3.53. The van der Waals surface area contributed by atoms with Gasteiger partial charge >= 0.3 is 0 Å². The molecule has 3 heterocycles. The molecule has 168 valence electrons. The molecule has 0 spiro atoms. The Morgan fingerprint density at radius 3 is 2.77 bits per heavy atom. The lowest BCUT2D eigenvalue weighted by Gasteiger charge is -2.35. The van der Waals surface area contributed by atoms with Crippen LogP contribution in [0.25, 0.3) is 11.3 Å². The van der Waals surface area contributed by atoms with E-state index in [1.54, 1.807) is 19.4 Å². The van der Waals surface area contributed by atoms with Crippen LogP contribution in [0.5, 0.6) is 0 Å². The molecule has 1 aliphatic carbocycles. The maximum Gasteiger partial charge on any atom is 0.167 e. The lowest BCUT2D eigenvalue weighted by molar-refractivity contribution is 0.0985. The van der Waals surface area contributed by atoms with Gasteiger partial charge in [0.1, 0.15) is 5.82 Å². The summed E-state index contributed by atoms with van der Waals surface area (Å²) in [6.07, 6.45) is 8.98. The van der Waals surface area contributed by atoms with Gasteiger partial charge in [-0.05, 0) is 25.8 Å². The summed E-state index contributed by atoms with van der Waals surface area (Å²) in [6, 6.07) is 2.27. The van der Waals surface area contributed by atoms with E-state index in [0.717, 1.165) is 47.8 Å². The number of ether oxygens (including phenoxy) is 1. The van der Waals surface area contributed by atoms with Gasteiger partial charge in [0.15, 0.2) is 5.65 Å². The van der Waals surface area contributed by atoms with Crippen LogP contribution in [0.2, 0.25) is 0 Å². The Morgan fingerprint density at radius 2 is 2.19 bits per heavy atom. The van der Waals surface area contributed by atoms with Gasteiger partial charge in [-0.2, -0.15) is 5.10 Å². The first kappa shape index (κ1) is 21.8. The van der Waals surface area contributed by atoms with Gasteiger partial charge in [0.25, 0.3) is 0 Å². The van der Waals surface area contributed by atoms with Crippen LogP contribution >= 0.6 is 0 Å². The summed E-state index contributed by atoms with van der Waals surface area (Å²) in [5.41, 5.74) is 3.57. The number of nitrogens with zero attached hydrogens (tertiary/aromatic N) is 6. The van der Waals surface area contributed by atoms with Crippen molar-refractivity contribution in [3.63, 3.8) is 0 Å². The number of fused-ring (bicyclic) bond motifs is 1. The number of rotatable bonds is 6. The molecule has 2 aliphatic rings. The van der Waals surface area contributed by atoms with Gasteiger partial charge < -0.3 is 14.5 Å². The van der Waals surface area contributed by atoms with E-state index >= 15 is 0 Å². The van der Waals surface area contributed by atoms with E-state index < -0.39 is 14.5 Å². The van der Waals surface area contributed by atoms with Gasteiger partial charge in [0.2, 0.25) is 0 Å². The molecule has 4 rings (SSSR count). The molecule has 0 bridgehead atoms. The standard InChI is InChI=1S/C22H32N6O2S/c1-7-8-18(26(4)5)17-14-24-28-19(22(9-10-22)31(6,29)23-3)13-20(25-21(17)28)27-11-12-30-15-16(27)2/h7-8,13-14,16H,1,9-12,15H2,2-6H3/b18-8-. The SMILES string of the molecule is C=C/C=C(/c1cnn2c(C3(S(C)(=O)=NC)CC3)cc(N3CCOCC3C)nc12)N(C)C. The summed E-state index contributed by atoms with van der Waals surface area (Å²) in [7, 11) is 3.20. The Morgan fingerprint density at radius 1 is 1.45 bits per heavy atom. The zero-order valence-corrected chi connectivity index (χ0v) is 19.9. The second-order valence-corrected chi connectivity index (χ2v) is 11.3. The fourth-order valence-corrected chi connectivity index (χ4v) is 6.12. The molecule has 31 heavy (non-hydrogen) atoms. The summed E-state index contributed by atoms with van der Waals surface area (Å²) in [5.74, 6) is 0.870. The molecular weight excluding hydrogens is 412 g/mol. The van der Waals surface area contributed by atoms with Gasteiger partial charge in [-0.1, -0.05) is 12.7 Å². The highest BCUT2D eigenvalue weighted by Crippen LogP contribution is 2.53. The molecule has 0 N–H and O–H groups in total. The molecule has 0 radical (unpaired) electrons. The summed E-state index contributed by atoms with van der Waals surface area (Å²) < 4.78 is 24.8. The van der Waals surface area contributed by atoms with Gasteiger partial charge in [0.05, 0.1) is 51.2 Å². The Bertz CT molecular complexity index is 1150. The van der Waals surface area contributed by atoms with Crippen LogP contribution in [-0.4, -0.2) is 76.9 Å². The number of hydrogen-bond donors (Lipinski definition) is 0. The van der Waals surface area contributed by atoms with Crippen LogP contribution in [0.3, 0.4) is 0 Å². The van der Waals surface area contributed by atoms with E-state index in [0.29, 0.717) is 13.2 Å². The quantitative estimate of drug-likeness (QED) is 0.638. The largest absolute Gasteiger partial charge is 0.377 e. The Hall–Kier alpha value is -2.39. The molecule has 0 aromatic carbocycles. The topological polar surface area (TPSA) is 75.3 Å². The Kier molecular flexibility index (Phi) is 5.59. The van der Waals surface area contributed by atoms with E-state index in [-0.39, 0.29) is 6.04 Å². The molecule has 2 aromatic heterocycles. The molecule has 2 unspecified atom stereocenters. The first-order valence-electron chi connectivity index (χ1n) is 10.6. The maximum atomic E-state index is 13.5. The first-order chi connectivity index (χ1) is 14.8. The average Bonchev–Trinajstić information content (AvgIpc) is 3.47. The van der Waals surface area contributed by atoms with Crippen LogP contribution in [0.4, 0.5) is 5.82 Å². The van der Waals surface area contributed by atoms with E-state index in [2.05, 4.69) is 28.8 Å². The molecule has 8 nitrogen and oxygen atoms in total. The lowest BCUT2D eigenvalue weighted by atomic mass is 10.2. The van der Waals surface area contributed by atoms with Crippen LogP contribution in [-0.2, 0) is 19.2 Å². The summed E-state index contributed by atoms with van der Waals surface area (Å²) in [5, 5.41) is 4.71. The van der Waals surface area contributed by atoms with Crippen LogP contribution in [0.1, 0.15) is 31.0 Å². The number of allylic oxidation sites excluding steroid dienone is 2. The van der Waals surface area contributed by atoms with E-state index in [1.165, 1.54) is 0 Å². The van der Waals surface area contributed by atoms with E-state index in [4.69, 9.17) is 14.8 Å². The molecule has 1 saturated heterocycles. The highest BCUT2D eigenvalue weighted by Gasteiger charge is 2.54. The lowest BCUT2D eigenvalue weighted by Crippen LogP contribution is -2.44. The average molecular weight is 445 g/mol. The zero-order chi connectivity index (χ0) is 22.4. The molecule has 9 heteroatoms. The smallest absolute Gasteiger partial charge is 0.167 e. The van der Waals surface area contributed by atoms with Crippen molar-refractivity contribution in [2.75, 3.05) is 52.1 Å². The van der Waals surface area contributed by atoms with E-state index in [1.807, 2.05) is 35.8 Å². The predicted molar refractivity (Wildman–Crippen MR) is 126 cm³/mol. The monoisotopic (exact) mass is 444 g/mol. The fraction of sp³-hybridized carbons (Fsp3) is 0.545. The number of aromatic nitrogens is 3. The van der Waals surface area contributed by atoms with Crippen LogP contribution in [0.15, 0.2) is 35.4 Å². The maximum absolute atomic E-state index is 13.5. The third-order valence-corrected chi connectivity index (χ3v) is 9.16. The minimum atomic E-state index is -2.43. The summed E-state index contributed by atoms with van der Waals surface area (Å²) >= 11 is 0. The Labute approximate surface area is 184 Å². The van der Waals surface area contributed by atoms with Crippen molar-refractivity contribution in [3.8, 4) is 0 Å². The van der Waals surface area contributed by atoms with Crippen molar-refractivity contribution in [1.82, 2.24) is 19.5 Å². The van der Waals surface area contributed by atoms with Crippen molar-refractivity contribution in [2.24, 2.45) is 4.36 Å². The van der Waals surface area contributed by atoms with E-state index in [9.17, 15) is 4.21 Å². The third-order valence-electron chi connectivity index (χ3n) is 6.40. The van der Waals surface area contributed by atoms with Gasteiger partial charge in [-0.15, -0.1) is 0 Å². The minimum Gasteiger partial charge on any atom is -0.377 e. The highest BCUT2D eigenvalue weighted by atomic mass is 32.2. The second kappa shape index (κ2) is 7.94. The number of morpholine rings is 1. The van der Waals surface area contributed by atoms with Gasteiger partial charge in [-0.25, -0.2) is 18.1 Å². The van der Waals surface area contributed by atoms with Crippen molar-refractivity contribution < 1.29 is 8.95 Å². The highest BCUT2D eigenvalue weighted by molar-refractivity contribution is 7.94. The predicted octanol–water partition coefficient (Wildman–Crippen LogP) is 2.76. The van der Waals surface area contributed by atoms with Crippen molar-refractivity contribution in [2.45, 2.75) is 30.6 Å². The van der Waals surface area contributed by atoms with Gasteiger partial charge in [0, 0.05) is 45.7 Å². The summed E-state index contributed by atoms with van der Waals surface area (Å²) in [6.45, 7) is 8.09. The molecule has 1 aliphatic heterocycles. The molecule has 2 atom stereocenters. The minimum absolute atomic E-state index is 0.206. The van der Waals surface area contributed by atoms with Crippen LogP contribution < -0.4 is 4.90 Å². The molecule has 2 fully saturated rings. The van der Waals surface area contributed by atoms with Crippen molar-refractivity contribution in [3.05, 3.63) is 42.3 Å². The fourth-order valence-electron chi connectivity index (χ4n) is 4.38. The normalized spacial score (nSPS) is 22.8.